The van der Waals surface area contributed by atoms with Crippen molar-refractivity contribution < 1.29 is 19.2 Å². The largest absolute Gasteiger partial charge is 0.354 e. The number of pyridine rings is 2. The van der Waals surface area contributed by atoms with Crippen LogP contribution < -0.4 is 21.3 Å². The van der Waals surface area contributed by atoms with Crippen LogP contribution >= 0.6 is 0 Å². The molecule has 2 aromatic heterocycles. The maximum atomic E-state index is 13.1. The zero-order chi connectivity index (χ0) is 35.9. The number of nitrogens with one attached hydrogen (secondary N) is 4. The van der Waals surface area contributed by atoms with Gasteiger partial charge in [0.15, 0.2) is 0 Å². The van der Waals surface area contributed by atoms with Crippen LogP contribution in [-0.2, 0) is 22.4 Å². The summed E-state index contributed by atoms with van der Waals surface area (Å²) in [6.07, 6.45) is 16.5. The van der Waals surface area contributed by atoms with Gasteiger partial charge in [-0.3, -0.25) is 29.1 Å². The molecule has 51 heavy (non-hydrogen) atoms. The van der Waals surface area contributed by atoms with Crippen molar-refractivity contribution in [2.75, 3.05) is 13.1 Å². The molecular formula is C41H50N6O4. The molecule has 2 heterocycles. The summed E-state index contributed by atoms with van der Waals surface area (Å²) in [6, 6.07) is 24.5. The molecule has 2 atom stereocenters. The fourth-order valence-electron chi connectivity index (χ4n) is 5.76. The fourth-order valence-corrected chi connectivity index (χ4v) is 5.76. The molecule has 4 N–H and O–H groups in total. The molecule has 268 valence electrons. The molecule has 0 bridgehead atoms. The van der Waals surface area contributed by atoms with Crippen molar-refractivity contribution in [2.45, 2.75) is 82.7 Å². The van der Waals surface area contributed by atoms with Crippen molar-refractivity contribution >= 4 is 23.6 Å². The lowest BCUT2D eigenvalue weighted by atomic mass is 10.0. The predicted molar refractivity (Wildman–Crippen MR) is 199 cm³/mol. The van der Waals surface area contributed by atoms with E-state index in [2.05, 4.69) is 31.2 Å². The molecule has 10 nitrogen and oxygen atoms in total. The molecule has 0 saturated heterocycles. The number of nitrogens with zero attached hydrogens (tertiary/aromatic N) is 2. The third kappa shape index (κ3) is 14.6. The van der Waals surface area contributed by atoms with Gasteiger partial charge in [0, 0.05) is 61.8 Å². The van der Waals surface area contributed by atoms with Crippen LogP contribution in [0.4, 0.5) is 0 Å². The van der Waals surface area contributed by atoms with Gasteiger partial charge in [0.25, 0.3) is 11.8 Å². The smallest absolute Gasteiger partial charge is 0.252 e. The predicted octanol–water partition coefficient (Wildman–Crippen LogP) is 5.60. The van der Waals surface area contributed by atoms with Crippen LogP contribution in [-0.4, -0.2) is 58.8 Å². The van der Waals surface area contributed by atoms with Crippen LogP contribution in [0.25, 0.3) is 0 Å². The number of amides is 4. The molecule has 2 aromatic carbocycles. The van der Waals surface area contributed by atoms with E-state index in [0.29, 0.717) is 37.1 Å². The van der Waals surface area contributed by atoms with Crippen molar-refractivity contribution in [3.63, 3.8) is 0 Å². The topological polar surface area (TPSA) is 142 Å². The summed E-state index contributed by atoms with van der Waals surface area (Å²) in [7, 11) is 0. The Bertz CT molecular complexity index is 1490. The minimum atomic E-state index is -0.671. The van der Waals surface area contributed by atoms with E-state index in [1.165, 1.54) is 0 Å². The number of aromatic nitrogens is 2. The molecule has 0 aliphatic carbocycles. The second kappa shape index (κ2) is 22.4. The summed E-state index contributed by atoms with van der Waals surface area (Å²) in [5, 5.41) is 11.8. The summed E-state index contributed by atoms with van der Waals surface area (Å²) in [6.45, 7) is 1.14. The van der Waals surface area contributed by atoms with Crippen LogP contribution in [0.1, 0.15) is 89.6 Å². The molecule has 10 heteroatoms. The van der Waals surface area contributed by atoms with E-state index < -0.39 is 12.1 Å². The van der Waals surface area contributed by atoms with Gasteiger partial charge in [0.1, 0.15) is 12.1 Å². The lowest BCUT2D eigenvalue weighted by molar-refractivity contribution is -0.123. The molecule has 4 amide bonds. The summed E-state index contributed by atoms with van der Waals surface area (Å²) in [5.74, 6) is -0.959. The molecule has 0 radical (unpaired) electrons. The average molecular weight is 691 g/mol. The van der Waals surface area contributed by atoms with Crippen molar-refractivity contribution in [3.05, 3.63) is 132 Å². The quantitative estimate of drug-likeness (QED) is 0.0791. The Hall–Kier alpha value is -5.38. The number of carbonyl (C=O) groups excluding carboxylic acids is 4. The van der Waals surface area contributed by atoms with E-state index in [1.54, 1.807) is 49.1 Å². The first-order valence-electron chi connectivity index (χ1n) is 18.0. The third-order valence-electron chi connectivity index (χ3n) is 8.65. The Morgan fingerprint density at radius 2 is 0.784 bits per heavy atom. The third-order valence-corrected chi connectivity index (χ3v) is 8.65. The minimum absolute atomic E-state index is 0.182. The van der Waals surface area contributed by atoms with Gasteiger partial charge >= 0.3 is 0 Å². The van der Waals surface area contributed by atoms with Crippen LogP contribution in [0, 0.1) is 0 Å². The highest BCUT2D eigenvalue weighted by Gasteiger charge is 2.23. The molecule has 0 saturated carbocycles. The van der Waals surface area contributed by atoms with Crippen LogP contribution in [0.3, 0.4) is 0 Å². The average Bonchev–Trinajstić information content (AvgIpc) is 3.17. The van der Waals surface area contributed by atoms with Gasteiger partial charge in [-0.1, -0.05) is 106 Å². The monoisotopic (exact) mass is 690 g/mol. The van der Waals surface area contributed by atoms with E-state index in [-0.39, 0.29) is 23.6 Å². The molecular weight excluding hydrogens is 640 g/mol. The Labute approximate surface area is 301 Å². The van der Waals surface area contributed by atoms with E-state index >= 15 is 0 Å². The molecule has 0 aliphatic rings. The second-order valence-corrected chi connectivity index (χ2v) is 12.7. The number of rotatable bonds is 22. The SMILES string of the molecule is O=C(N[C@@H](Cc1ccccc1)C(=O)NCCCCCCCCCCCNC(=O)[C@H](Cc1ccccc1)NC(=O)c1ccncc1)c1ccncc1. The lowest BCUT2D eigenvalue weighted by Crippen LogP contribution is -2.48. The Morgan fingerprint density at radius 3 is 1.14 bits per heavy atom. The standard InChI is InChI=1S/C41H50N6O4/c48-38(34-20-26-42-27-21-34)46-36(30-32-16-10-8-11-17-32)40(50)44-24-14-6-4-2-1-3-5-7-15-25-45-41(51)37(31-33-18-12-9-13-19-33)47-39(49)35-22-28-43-29-23-35/h8-13,16-23,26-29,36-37H,1-7,14-15,24-25,30-31H2,(H,44,50)(H,45,51)(H,46,48)(H,47,49)/t36-,37-/m0/s1. The Kier molecular flexibility index (Phi) is 16.8. The molecule has 0 fully saturated rings. The van der Waals surface area contributed by atoms with Crippen LogP contribution in [0.2, 0.25) is 0 Å². The first-order chi connectivity index (χ1) is 25.0. The van der Waals surface area contributed by atoms with Crippen molar-refractivity contribution in [2.24, 2.45) is 0 Å². The van der Waals surface area contributed by atoms with Gasteiger partial charge in [0.05, 0.1) is 0 Å². The molecule has 4 rings (SSSR count). The number of unbranched alkanes of at least 4 members (excludes halogenated alkanes) is 8. The maximum absolute atomic E-state index is 13.1. The Morgan fingerprint density at radius 1 is 0.451 bits per heavy atom. The molecule has 0 spiro atoms. The molecule has 0 aliphatic heterocycles. The number of benzene rings is 2. The van der Waals surface area contributed by atoms with Crippen molar-refractivity contribution in [1.29, 1.82) is 0 Å². The lowest BCUT2D eigenvalue weighted by Gasteiger charge is -2.19. The van der Waals surface area contributed by atoms with Gasteiger partial charge in [-0.05, 0) is 48.2 Å². The van der Waals surface area contributed by atoms with Gasteiger partial charge in [-0.15, -0.1) is 0 Å². The summed E-state index contributed by atoms with van der Waals surface area (Å²) in [5.41, 5.74) is 2.89. The zero-order valence-electron chi connectivity index (χ0n) is 29.3. The van der Waals surface area contributed by atoms with Crippen LogP contribution in [0.15, 0.2) is 110 Å². The zero-order valence-corrected chi connectivity index (χ0v) is 29.3. The highest BCUT2D eigenvalue weighted by atomic mass is 16.2. The van der Waals surface area contributed by atoms with Crippen molar-refractivity contribution in [3.8, 4) is 0 Å². The first kappa shape index (κ1) is 38.4. The highest BCUT2D eigenvalue weighted by Crippen LogP contribution is 2.11. The van der Waals surface area contributed by atoms with Gasteiger partial charge in [-0.25, -0.2) is 0 Å². The van der Waals surface area contributed by atoms with Gasteiger partial charge in [0.2, 0.25) is 11.8 Å². The van der Waals surface area contributed by atoms with Gasteiger partial charge in [-0.2, -0.15) is 0 Å². The second-order valence-electron chi connectivity index (χ2n) is 12.7. The first-order valence-corrected chi connectivity index (χ1v) is 18.0. The van der Waals surface area contributed by atoms with Crippen molar-refractivity contribution in [1.82, 2.24) is 31.2 Å². The molecule has 0 unspecified atom stereocenters. The summed E-state index contributed by atoms with van der Waals surface area (Å²) < 4.78 is 0. The molecule has 4 aromatic rings. The maximum Gasteiger partial charge on any atom is 0.252 e. The summed E-state index contributed by atoms with van der Waals surface area (Å²) >= 11 is 0. The normalized spacial score (nSPS) is 11.9. The summed E-state index contributed by atoms with van der Waals surface area (Å²) in [4.78, 5) is 59.5. The van der Waals surface area contributed by atoms with Gasteiger partial charge < -0.3 is 21.3 Å². The number of hydrogen-bond donors (Lipinski definition) is 4. The fraction of sp³-hybridized carbons (Fsp3) is 0.366. The number of carbonyl (C=O) groups is 4. The van der Waals surface area contributed by atoms with E-state index in [9.17, 15) is 19.2 Å². The number of hydrogen-bond acceptors (Lipinski definition) is 6. The van der Waals surface area contributed by atoms with E-state index in [4.69, 9.17) is 0 Å². The van der Waals surface area contributed by atoms with Crippen LogP contribution in [0.5, 0.6) is 0 Å². The minimum Gasteiger partial charge on any atom is -0.354 e. The Balaban J connectivity index is 1.06. The highest BCUT2D eigenvalue weighted by molar-refractivity contribution is 5.98. The van der Waals surface area contributed by atoms with E-state index in [0.717, 1.165) is 68.9 Å². The van der Waals surface area contributed by atoms with E-state index in [1.807, 2.05) is 60.7 Å².